The molecular formula is C24H24Cl2N2O3. The van der Waals surface area contributed by atoms with Crippen molar-refractivity contribution in [2.24, 2.45) is 0 Å². The Labute approximate surface area is 192 Å². The summed E-state index contributed by atoms with van der Waals surface area (Å²) in [4.78, 5) is 12.3. The van der Waals surface area contributed by atoms with Gasteiger partial charge in [-0.3, -0.25) is 4.79 Å². The molecule has 0 aliphatic carbocycles. The van der Waals surface area contributed by atoms with Crippen LogP contribution < -0.4 is 20.1 Å². The molecule has 7 heteroatoms. The Morgan fingerprint density at radius 1 is 0.968 bits per heavy atom. The van der Waals surface area contributed by atoms with Crippen LogP contribution in [0.25, 0.3) is 0 Å². The molecule has 2 N–H and O–H groups in total. The van der Waals surface area contributed by atoms with Crippen molar-refractivity contribution < 1.29 is 14.3 Å². The number of nitrogens with one attached hydrogen (secondary N) is 2. The number of halogens is 2. The molecule has 0 bridgehead atoms. The molecule has 162 valence electrons. The summed E-state index contributed by atoms with van der Waals surface area (Å²) in [5.41, 5.74) is 4.55. The Kier molecular flexibility index (Phi) is 7.66. The number of amides is 1. The van der Waals surface area contributed by atoms with Crippen molar-refractivity contribution in [2.45, 2.75) is 20.4 Å². The lowest BCUT2D eigenvalue weighted by molar-refractivity contribution is -0.118. The highest BCUT2D eigenvalue weighted by molar-refractivity contribution is 6.31. The molecule has 1 amide bonds. The van der Waals surface area contributed by atoms with Gasteiger partial charge in [-0.1, -0.05) is 41.4 Å². The number of carbonyl (C=O) groups is 1. The van der Waals surface area contributed by atoms with Crippen LogP contribution in [0, 0.1) is 13.8 Å². The molecule has 5 nitrogen and oxygen atoms in total. The van der Waals surface area contributed by atoms with Gasteiger partial charge in [0.1, 0.15) is 0 Å². The number of anilines is 2. The first-order valence-corrected chi connectivity index (χ1v) is 10.5. The summed E-state index contributed by atoms with van der Waals surface area (Å²) in [6.07, 6.45) is 0. The Bertz CT molecular complexity index is 1090. The normalized spacial score (nSPS) is 10.5. The van der Waals surface area contributed by atoms with Gasteiger partial charge in [0.25, 0.3) is 5.91 Å². The van der Waals surface area contributed by atoms with Crippen molar-refractivity contribution in [1.82, 2.24) is 0 Å². The van der Waals surface area contributed by atoms with Crippen molar-refractivity contribution in [3.63, 3.8) is 0 Å². The van der Waals surface area contributed by atoms with Gasteiger partial charge >= 0.3 is 0 Å². The SMILES string of the molecule is COc1cc(CNc2cccc(Cl)c2C)ccc1OCC(=O)Nc1cc(Cl)ccc1C. The predicted molar refractivity (Wildman–Crippen MR) is 127 cm³/mol. The van der Waals surface area contributed by atoms with E-state index in [1.807, 2.05) is 50.2 Å². The van der Waals surface area contributed by atoms with E-state index in [9.17, 15) is 4.79 Å². The fourth-order valence-corrected chi connectivity index (χ4v) is 3.34. The lowest BCUT2D eigenvalue weighted by atomic mass is 10.1. The van der Waals surface area contributed by atoms with Crippen LogP contribution in [0.4, 0.5) is 11.4 Å². The minimum absolute atomic E-state index is 0.151. The zero-order chi connectivity index (χ0) is 22.4. The Morgan fingerprint density at radius 2 is 1.77 bits per heavy atom. The van der Waals surface area contributed by atoms with Gasteiger partial charge in [-0.05, 0) is 66.9 Å². The maximum absolute atomic E-state index is 12.3. The average Bonchev–Trinajstić information content (AvgIpc) is 2.76. The van der Waals surface area contributed by atoms with E-state index in [0.717, 1.165) is 27.4 Å². The predicted octanol–water partition coefficient (Wildman–Crippen LogP) is 6.25. The molecule has 0 aromatic heterocycles. The highest BCUT2D eigenvalue weighted by atomic mass is 35.5. The van der Waals surface area contributed by atoms with Crippen molar-refractivity contribution in [1.29, 1.82) is 0 Å². The van der Waals surface area contributed by atoms with E-state index in [0.29, 0.717) is 28.8 Å². The summed E-state index contributed by atoms with van der Waals surface area (Å²) in [6, 6.07) is 16.7. The largest absolute Gasteiger partial charge is 0.493 e. The number of carbonyl (C=O) groups excluding carboxylic acids is 1. The van der Waals surface area contributed by atoms with Crippen LogP contribution >= 0.6 is 23.2 Å². The molecule has 3 rings (SSSR count). The monoisotopic (exact) mass is 458 g/mol. The van der Waals surface area contributed by atoms with Crippen molar-refractivity contribution >= 4 is 40.5 Å². The van der Waals surface area contributed by atoms with Gasteiger partial charge in [0.15, 0.2) is 18.1 Å². The van der Waals surface area contributed by atoms with E-state index in [-0.39, 0.29) is 12.5 Å². The molecule has 0 radical (unpaired) electrons. The van der Waals surface area contributed by atoms with E-state index in [1.165, 1.54) is 0 Å². The van der Waals surface area contributed by atoms with Crippen LogP contribution in [0.2, 0.25) is 10.0 Å². The average molecular weight is 459 g/mol. The molecular weight excluding hydrogens is 435 g/mol. The molecule has 0 aliphatic rings. The van der Waals surface area contributed by atoms with Gasteiger partial charge in [-0.15, -0.1) is 0 Å². The summed E-state index contributed by atoms with van der Waals surface area (Å²) >= 11 is 12.2. The molecule has 0 atom stereocenters. The van der Waals surface area contributed by atoms with Gasteiger partial charge in [-0.2, -0.15) is 0 Å². The first kappa shape index (κ1) is 22.8. The number of methoxy groups -OCH3 is 1. The van der Waals surface area contributed by atoms with E-state index in [1.54, 1.807) is 25.3 Å². The molecule has 31 heavy (non-hydrogen) atoms. The van der Waals surface area contributed by atoms with Gasteiger partial charge in [0.05, 0.1) is 7.11 Å². The molecule has 0 heterocycles. The topological polar surface area (TPSA) is 59.6 Å². The van der Waals surface area contributed by atoms with Crippen LogP contribution in [0.3, 0.4) is 0 Å². The molecule has 0 aliphatic heterocycles. The number of hydrogen-bond acceptors (Lipinski definition) is 4. The molecule has 0 saturated carbocycles. The van der Waals surface area contributed by atoms with Crippen LogP contribution in [0.15, 0.2) is 54.6 Å². The zero-order valence-electron chi connectivity index (χ0n) is 17.6. The smallest absolute Gasteiger partial charge is 0.262 e. The second-order valence-electron chi connectivity index (χ2n) is 7.05. The summed E-state index contributed by atoms with van der Waals surface area (Å²) in [7, 11) is 1.57. The maximum Gasteiger partial charge on any atom is 0.262 e. The van der Waals surface area contributed by atoms with Gasteiger partial charge in [-0.25, -0.2) is 0 Å². The lowest BCUT2D eigenvalue weighted by Gasteiger charge is -2.14. The standard InChI is InChI=1S/C24H24Cl2N2O3/c1-15-7-9-18(25)12-21(15)28-24(29)14-31-22-10-8-17(11-23(22)30-3)13-27-20-6-4-5-19(26)16(20)2/h4-12,27H,13-14H2,1-3H3,(H,28,29). The third kappa shape index (κ3) is 6.06. The third-order valence-electron chi connectivity index (χ3n) is 4.81. The summed E-state index contributed by atoms with van der Waals surface area (Å²) < 4.78 is 11.1. The van der Waals surface area contributed by atoms with E-state index >= 15 is 0 Å². The Morgan fingerprint density at radius 3 is 2.55 bits per heavy atom. The second kappa shape index (κ2) is 10.4. The van der Waals surface area contributed by atoms with E-state index < -0.39 is 0 Å². The molecule has 0 saturated heterocycles. The highest BCUT2D eigenvalue weighted by Gasteiger charge is 2.11. The van der Waals surface area contributed by atoms with Crippen LogP contribution in [0.1, 0.15) is 16.7 Å². The van der Waals surface area contributed by atoms with Crippen molar-refractivity contribution in [3.05, 3.63) is 81.3 Å². The molecule has 0 spiro atoms. The van der Waals surface area contributed by atoms with E-state index in [2.05, 4.69) is 10.6 Å². The minimum atomic E-state index is -0.283. The van der Waals surface area contributed by atoms with Crippen LogP contribution in [0.5, 0.6) is 11.5 Å². The first-order valence-electron chi connectivity index (χ1n) is 9.72. The minimum Gasteiger partial charge on any atom is -0.493 e. The van der Waals surface area contributed by atoms with Gasteiger partial charge < -0.3 is 20.1 Å². The van der Waals surface area contributed by atoms with Gasteiger partial charge in [0, 0.05) is 28.0 Å². The second-order valence-corrected chi connectivity index (χ2v) is 7.89. The highest BCUT2D eigenvalue weighted by Crippen LogP contribution is 2.29. The number of rotatable bonds is 8. The van der Waals surface area contributed by atoms with E-state index in [4.69, 9.17) is 32.7 Å². The van der Waals surface area contributed by atoms with Crippen molar-refractivity contribution in [2.75, 3.05) is 24.4 Å². The number of hydrogen-bond donors (Lipinski definition) is 2. The van der Waals surface area contributed by atoms with Crippen LogP contribution in [-0.2, 0) is 11.3 Å². The molecule has 0 fully saturated rings. The Hall–Kier alpha value is -2.89. The third-order valence-corrected chi connectivity index (χ3v) is 5.46. The number of aryl methyl sites for hydroxylation is 1. The van der Waals surface area contributed by atoms with Crippen molar-refractivity contribution in [3.8, 4) is 11.5 Å². The first-order chi connectivity index (χ1) is 14.9. The number of ether oxygens (including phenoxy) is 2. The number of benzene rings is 3. The lowest BCUT2D eigenvalue weighted by Crippen LogP contribution is -2.20. The zero-order valence-corrected chi connectivity index (χ0v) is 19.1. The Balaban J connectivity index is 1.61. The summed E-state index contributed by atoms with van der Waals surface area (Å²) in [5, 5.41) is 7.46. The molecule has 0 unspecified atom stereocenters. The fourth-order valence-electron chi connectivity index (χ4n) is 3.00. The molecule has 3 aromatic rings. The maximum atomic E-state index is 12.3. The fraction of sp³-hybridized carbons (Fsp3) is 0.208. The van der Waals surface area contributed by atoms with Gasteiger partial charge in [0.2, 0.25) is 0 Å². The quantitative estimate of drug-likeness (QED) is 0.418. The van der Waals surface area contributed by atoms with Crippen LogP contribution in [-0.4, -0.2) is 19.6 Å². The summed E-state index contributed by atoms with van der Waals surface area (Å²) in [6.45, 7) is 4.31. The molecule has 3 aromatic carbocycles. The summed E-state index contributed by atoms with van der Waals surface area (Å²) in [5.74, 6) is 0.756.